The van der Waals surface area contributed by atoms with Crippen LogP contribution in [0.15, 0.2) is 89.1 Å². The third-order valence-electron chi connectivity index (χ3n) is 3.29. The summed E-state index contributed by atoms with van der Waals surface area (Å²) >= 11 is 0. The summed E-state index contributed by atoms with van der Waals surface area (Å²) in [5.41, 5.74) is 3.16. The van der Waals surface area contributed by atoms with Gasteiger partial charge in [-0.25, -0.2) is 0 Å². The van der Waals surface area contributed by atoms with E-state index in [9.17, 15) is 9.90 Å². The molecular formula is C19H14N3NaO2. The van der Waals surface area contributed by atoms with E-state index in [1.807, 2.05) is 54.6 Å². The monoisotopic (exact) mass is 339 g/mol. The molecule has 3 rings (SSSR count). The van der Waals surface area contributed by atoms with Gasteiger partial charge in [-0.05, 0) is 54.1 Å². The van der Waals surface area contributed by atoms with Gasteiger partial charge in [-0.3, -0.25) is 0 Å². The Morgan fingerprint density at radius 1 is 0.760 bits per heavy atom. The normalized spacial score (nSPS) is 10.2. The Bertz CT molecular complexity index is 865. The fourth-order valence-corrected chi connectivity index (χ4v) is 2.11. The molecule has 25 heavy (non-hydrogen) atoms. The summed E-state index contributed by atoms with van der Waals surface area (Å²) < 4.78 is 0. The number of carboxylic acid groups (broad SMARTS) is 1. The zero-order valence-corrected chi connectivity index (χ0v) is 15.7. The van der Waals surface area contributed by atoms with E-state index in [1.165, 1.54) is 12.1 Å². The number of hydrogen-bond donors (Lipinski definition) is 1. The van der Waals surface area contributed by atoms with Gasteiger partial charge in [0.15, 0.2) is 0 Å². The van der Waals surface area contributed by atoms with Crippen LogP contribution in [0.5, 0.6) is 0 Å². The van der Waals surface area contributed by atoms with Crippen LogP contribution in [-0.2, 0) is 0 Å². The Kier molecular flexibility index (Phi) is 6.89. The predicted molar refractivity (Wildman–Crippen MR) is 91.1 cm³/mol. The fraction of sp³-hybridized carbons (Fsp3) is 0. The van der Waals surface area contributed by atoms with E-state index in [4.69, 9.17) is 0 Å². The van der Waals surface area contributed by atoms with Crippen molar-refractivity contribution in [2.45, 2.75) is 0 Å². The van der Waals surface area contributed by atoms with Crippen LogP contribution < -0.4 is 40.0 Å². The number of hydrogen-bond acceptors (Lipinski definition) is 5. The minimum atomic E-state index is -1.23. The molecule has 3 aromatic rings. The number of rotatable bonds is 5. The molecule has 0 aliphatic carbocycles. The number of benzene rings is 3. The number of carboxylic acids is 1. The van der Waals surface area contributed by atoms with Crippen LogP contribution >= 0.6 is 0 Å². The van der Waals surface area contributed by atoms with Crippen LogP contribution in [0.1, 0.15) is 10.4 Å². The maximum Gasteiger partial charge on any atom is 1.00 e. The van der Waals surface area contributed by atoms with Crippen LogP contribution in [0, 0.1) is 0 Å². The van der Waals surface area contributed by atoms with Crippen LogP contribution in [-0.4, -0.2) is 5.97 Å². The number of anilines is 2. The van der Waals surface area contributed by atoms with Crippen molar-refractivity contribution < 1.29 is 39.5 Å². The standard InChI is InChI=1S/C19H15N3O2.Na/c23-19(24)14-5-4-8-18(13-14)22-21-17-11-9-16(10-12-17)20-15-6-2-1-3-7-15;/h1-13,20H,(H,23,24);/q;+1/p-1. The van der Waals surface area contributed by atoms with Gasteiger partial charge < -0.3 is 15.2 Å². The van der Waals surface area contributed by atoms with Crippen molar-refractivity contribution in [3.63, 3.8) is 0 Å². The van der Waals surface area contributed by atoms with Gasteiger partial charge in [0.1, 0.15) is 0 Å². The Hall–Kier alpha value is -2.47. The van der Waals surface area contributed by atoms with E-state index in [0.29, 0.717) is 11.4 Å². The summed E-state index contributed by atoms with van der Waals surface area (Å²) in [7, 11) is 0. The fourth-order valence-electron chi connectivity index (χ4n) is 2.11. The molecule has 0 radical (unpaired) electrons. The van der Waals surface area contributed by atoms with Crippen molar-refractivity contribution in [3.8, 4) is 0 Å². The largest absolute Gasteiger partial charge is 1.00 e. The van der Waals surface area contributed by atoms with Gasteiger partial charge in [-0.1, -0.05) is 30.3 Å². The van der Waals surface area contributed by atoms with E-state index in [0.717, 1.165) is 11.4 Å². The van der Waals surface area contributed by atoms with Crippen LogP contribution in [0.25, 0.3) is 0 Å². The number of para-hydroxylation sites is 1. The summed E-state index contributed by atoms with van der Waals surface area (Å²) in [6.07, 6.45) is 0. The molecule has 0 aliphatic rings. The molecule has 6 heteroatoms. The van der Waals surface area contributed by atoms with Gasteiger partial charge in [0.25, 0.3) is 0 Å². The van der Waals surface area contributed by atoms with Gasteiger partial charge in [-0.15, -0.1) is 0 Å². The molecule has 0 aliphatic heterocycles. The maximum absolute atomic E-state index is 10.8. The quantitative estimate of drug-likeness (QED) is 0.561. The Morgan fingerprint density at radius 3 is 2.08 bits per heavy atom. The van der Waals surface area contributed by atoms with E-state index in [2.05, 4.69) is 15.5 Å². The SMILES string of the molecule is O=C([O-])c1cccc(N=Nc2ccc(Nc3ccccc3)cc2)c1.[Na+]. The summed E-state index contributed by atoms with van der Waals surface area (Å²) in [4.78, 5) is 10.8. The first-order valence-corrected chi connectivity index (χ1v) is 7.36. The molecule has 0 bridgehead atoms. The summed E-state index contributed by atoms with van der Waals surface area (Å²) in [5.74, 6) is -1.23. The number of aromatic carboxylic acids is 1. The summed E-state index contributed by atoms with van der Waals surface area (Å²) in [6, 6.07) is 23.5. The van der Waals surface area contributed by atoms with Crippen molar-refractivity contribution >= 4 is 28.7 Å². The average Bonchev–Trinajstić information content (AvgIpc) is 2.62. The van der Waals surface area contributed by atoms with E-state index in [1.54, 1.807) is 12.1 Å². The molecule has 0 spiro atoms. The third kappa shape index (κ3) is 5.53. The summed E-state index contributed by atoms with van der Waals surface area (Å²) in [5, 5.41) is 22.3. The van der Waals surface area contributed by atoms with E-state index >= 15 is 0 Å². The minimum Gasteiger partial charge on any atom is -0.545 e. The molecule has 0 fully saturated rings. The molecule has 5 nitrogen and oxygen atoms in total. The molecule has 3 aromatic carbocycles. The zero-order chi connectivity index (χ0) is 16.8. The molecule has 0 saturated heterocycles. The first-order valence-electron chi connectivity index (χ1n) is 7.36. The Morgan fingerprint density at radius 2 is 1.40 bits per heavy atom. The molecular weight excluding hydrogens is 325 g/mol. The first kappa shape index (κ1) is 18.9. The van der Waals surface area contributed by atoms with Crippen LogP contribution in [0.4, 0.5) is 22.7 Å². The first-order chi connectivity index (χ1) is 11.7. The maximum atomic E-state index is 10.8. The number of nitrogens with one attached hydrogen (secondary N) is 1. The molecule has 1 N–H and O–H groups in total. The van der Waals surface area contributed by atoms with Gasteiger partial charge in [0.05, 0.1) is 17.3 Å². The number of carbonyl (C=O) groups excluding carboxylic acids is 1. The molecule has 118 valence electrons. The van der Waals surface area contributed by atoms with E-state index < -0.39 is 5.97 Å². The van der Waals surface area contributed by atoms with Gasteiger partial charge >= 0.3 is 29.6 Å². The second kappa shape index (κ2) is 9.13. The second-order valence-electron chi connectivity index (χ2n) is 5.08. The van der Waals surface area contributed by atoms with Crippen molar-refractivity contribution in [2.75, 3.05) is 5.32 Å². The van der Waals surface area contributed by atoms with Gasteiger partial charge in [0.2, 0.25) is 0 Å². The van der Waals surface area contributed by atoms with Crippen molar-refractivity contribution in [2.24, 2.45) is 10.2 Å². The second-order valence-corrected chi connectivity index (χ2v) is 5.08. The third-order valence-corrected chi connectivity index (χ3v) is 3.29. The minimum absolute atomic E-state index is 0. The number of azo groups is 1. The van der Waals surface area contributed by atoms with Gasteiger partial charge in [-0.2, -0.15) is 10.2 Å². The van der Waals surface area contributed by atoms with Crippen LogP contribution in [0.3, 0.4) is 0 Å². The number of nitrogens with zero attached hydrogens (tertiary/aromatic N) is 2. The van der Waals surface area contributed by atoms with E-state index in [-0.39, 0.29) is 35.1 Å². The molecule has 0 amide bonds. The van der Waals surface area contributed by atoms with Crippen molar-refractivity contribution in [1.29, 1.82) is 0 Å². The molecule has 0 unspecified atom stereocenters. The van der Waals surface area contributed by atoms with Crippen molar-refractivity contribution in [1.82, 2.24) is 0 Å². The molecule has 0 saturated carbocycles. The predicted octanol–water partition coefficient (Wildman–Crippen LogP) is 1.21. The summed E-state index contributed by atoms with van der Waals surface area (Å²) in [6.45, 7) is 0. The van der Waals surface area contributed by atoms with Crippen molar-refractivity contribution in [3.05, 3.63) is 84.4 Å². The van der Waals surface area contributed by atoms with Gasteiger partial charge in [0, 0.05) is 11.4 Å². The molecule has 0 heterocycles. The smallest absolute Gasteiger partial charge is 0.545 e. The zero-order valence-electron chi connectivity index (χ0n) is 13.7. The number of carbonyl (C=O) groups is 1. The Balaban J connectivity index is 0.00000225. The topological polar surface area (TPSA) is 76.9 Å². The average molecular weight is 339 g/mol. The molecule has 0 aromatic heterocycles. The van der Waals surface area contributed by atoms with Crippen LogP contribution in [0.2, 0.25) is 0 Å². The molecule has 0 atom stereocenters. The Labute approximate surface area is 167 Å².